The Hall–Kier alpha value is -0.370. The van der Waals surface area contributed by atoms with Crippen molar-refractivity contribution in [3.05, 3.63) is 0 Å². The van der Waals surface area contributed by atoms with Gasteiger partial charge in [-0.15, -0.1) is 0 Å². The van der Waals surface area contributed by atoms with Gasteiger partial charge in [0.2, 0.25) is 0 Å². The molecule has 0 aliphatic carbocycles. The van der Waals surface area contributed by atoms with E-state index in [0.717, 1.165) is 32.5 Å². The molecule has 1 atom stereocenters. The smallest absolute Gasteiger partial charge is 0.138 e. The zero-order valence-electron chi connectivity index (χ0n) is 8.93. The van der Waals surface area contributed by atoms with Crippen LogP contribution in [-0.2, 0) is 9.53 Å². The summed E-state index contributed by atoms with van der Waals surface area (Å²) in [5.74, 6) is 1.01. The van der Waals surface area contributed by atoms with Crippen LogP contribution in [0.5, 0.6) is 0 Å². The van der Waals surface area contributed by atoms with Crippen molar-refractivity contribution in [3.63, 3.8) is 0 Å². The summed E-state index contributed by atoms with van der Waals surface area (Å²) in [5, 5.41) is 0. The van der Waals surface area contributed by atoms with Gasteiger partial charge in [-0.1, -0.05) is 20.8 Å². The molecule has 0 radical (unpaired) electrons. The Balaban J connectivity index is 2.22. The van der Waals surface area contributed by atoms with Gasteiger partial charge in [-0.2, -0.15) is 0 Å². The number of carbonyl (C=O) groups excluding carboxylic acids is 1. The number of Topliss-reactive ketones (excluding diaryl/α,β-unsaturated/α-hetero) is 1. The van der Waals surface area contributed by atoms with E-state index in [1.165, 1.54) is 0 Å². The number of ketones is 1. The normalized spacial score (nSPS) is 23.5. The number of carbonyl (C=O) groups is 1. The maximum Gasteiger partial charge on any atom is 0.138 e. The monoisotopic (exact) mass is 184 g/mol. The van der Waals surface area contributed by atoms with Crippen molar-refractivity contribution in [2.75, 3.05) is 13.2 Å². The molecule has 2 heteroatoms. The second kappa shape index (κ2) is 4.23. The highest BCUT2D eigenvalue weighted by atomic mass is 16.5. The molecule has 1 saturated heterocycles. The predicted molar refractivity (Wildman–Crippen MR) is 52.6 cm³/mol. The lowest BCUT2D eigenvalue weighted by Crippen LogP contribution is -2.20. The molecule has 1 fully saturated rings. The van der Waals surface area contributed by atoms with E-state index in [-0.39, 0.29) is 5.41 Å². The van der Waals surface area contributed by atoms with E-state index in [0.29, 0.717) is 11.7 Å². The van der Waals surface area contributed by atoms with Crippen LogP contribution in [0.1, 0.15) is 40.0 Å². The Morgan fingerprint density at radius 3 is 2.62 bits per heavy atom. The number of rotatable bonds is 3. The van der Waals surface area contributed by atoms with E-state index >= 15 is 0 Å². The topological polar surface area (TPSA) is 26.3 Å². The molecule has 1 aliphatic rings. The van der Waals surface area contributed by atoms with Crippen LogP contribution in [0.4, 0.5) is 0 Å². The van der Waals surface area contributed by atoms with Crippen molar-refractivity contribution in [3.8, 4) is 0 Å². The summed E-state index contributed by atoms with van der Waals surface area (Å²) in [6, 6.07) is 0. The minimum absolute atomic E-state index is 0.167. The lowest BCUT2D eigenvalue weighted by Gasteiger charge is -2.17. The van der Waals surface area contributed by atoms with Crippen LogP contribution in [0.25, 0.3) is 0 Å². The van der Waals surface area contributed by atoms with Crippen LogP contribution in [0.15, 0.2) is 0 Å². The maximum atomic E-state index is 11.6. The van der Waals surface area contributed by atoms with Crippen LogP contribution >= 0.6 is 0 Å². The van der Waals surface area contributed by atoms with Gasteiger partial charge in [0.15, 0.2) is 0 Å². The van der Waals surface area contributed by atoms with Gasteiger partial charge in [0.25, 0.3) is 0 Å². The highest BCUT2D eigenvalue weighted by Crippen LogP contribution is 2.23. The molecule has 0 spiro atoms. The highest BCUT2D eigenvalue weighted by Gasteiger charge is 2.23. The molecule has 0 amide bonds. The molecule has 0 bridgehead atoms. The van der Waals surface area contributed by atoms with Crippen LogP contribution in [0, 0.1) is 11.3 Å². The Bertz CT molecular complexity index is 173. The van der Waals surface area contributed by atoms with Crippen molar-refractivity contribution in [2.24, 2.45) is 11.3 Å². The summed E-state index contributed by atoms with van der Waals surface area (Å²) < 4.78 is 5.26. The molecule has 0 saturated carbocycles. The Morgan fingerprint density at radius 1 is 1.46 bits per heavy atom. The first kappa shape index (κ1) is 10.7. The van der Waals surface area contributed by atoms with Crippen molar-refractivity contribution >= 4 is 5.78 Å². The molecular weight excluding hydrogens is 164 g/mol. The maximum absolute atomic E-state index is 11.6. The molecule has 1 rings (SSSR count). The fourth-order valence-electron chi connectivity index (χ4n) is 1.52. The third-order valence-corrected chi connectivity index (χ3v) is 2.64. The molecule has 0 N–H and O–H groups in total. The minimum Gasteiger partial charge on any atom is -0.381 e. The lowest BCUT2D eigenvalue weighted by atomic mass is 9.86. The summed E-state index contributed by atoms with van der Waals surface area (Å²) in [6.45, 7) is 7.70. The minimum atomic E-state index is -0.167. The summed E-state index contributed by atoms with van der Waals surface area (Å²) in [4.78, 5) is 11.6. The Kier molecular flexibility index (Phi) is 3.48. The van der Waals surface area contributed by atoms with Gasteiger partial charge in [-0.25, -0.2) is 0 Å². The van der Waals surface area contributed by atoms with E-state index in [1.807, 2.05) is 20.8 Å². The summed E-state index contributed by atoms with van der Waals surface area (Å²) >= 11 is 0. The summed E-state index contributed by atoms with van der Waals surface area (Å²) in [6.07, 6.45) is 2.87. The van der Waals surface area contributed by atoms with E-state index in [9.17, 15) is 4.79 Å². The van der Waals surface area contributed by atoms with E-state index in [1.54, 1.807) is 0 Å². The molecule has 1 unspecified atom stereocenters. The molecule has 2 nitrogen and oxygen atoms in total. The first-order chi connectivity index (χ1) is 6.00. The van der Waals surface area contributed by atoms with Crippen molar-refractivity contribution in [2.45, 2.75) is 40.0 Å². The molecule has 1 heterocycles. The van der Waals surface area contributed by atoms with E-state index in [2.05, 4.69) is 0 Å². The summed E-state index contributed by atoms with van der Waals surface area (Å²) in [5.41, 5.74) is -0.167. The van der Waals surface area contributed by atoms with Gasteiger partial charge in [0, 0.05) is 25.0 Å². The second-order valence-corrected chi connectivity index (χ2v) is 4.94. The zero-order chi connectivity index (χ0) is 9.90. The Morgan fingerprint density at radius 2 is 2.15 bits per heavy atom. The number of hydrogen-bond donors (Lipinski definition) is 0. The van der Waals surface area contributed by atoms with Gasteiger partial charge in [0.05, 0.1) is 0 Å². The Labute approximate surface area is 80.7 Å². The first-order valence-electron chi connectivity index (χ1n) is 5.11. The zero-order valence-corrected chi connectivity index (χ0v) is 8.93. The van der Waals surface area contributed by atoms with Crippen LogP contribution in [-0.4, -0.2) is 19.0 Å². The predicted octanol–water partition coefficient (Wildman–Crippen LogP) is 2.42. The number of hydrogen-bond acceptors (Lipinski definition) is 2. The average Bonchev–Trinajstić information content (AvgIpc) is 2.50. The van der Waals surface area contributed by atoms with Crippen molar-refractivity contribution in [1.29, 1.82) is 0 Å². The SMILES string of the molecule is CC(C)(C)C(=O)CCC1CCOC1. The largest absolute Gasteiger partial charge is 0.381 e. The molecule has 0 aromatic rings. The van der Waals surface area contributed by atoms with Crippen LogP contribution in [0.2, 0.25) is 0 Å². The standard InChI is InChI=1S/C11H20O2/c1-11(2,3)10(12)5-4-9-6-7-13-8-9/h9H,4-8H2,1-3H3. The molecule has 1 aliphatic heterocycles. The van der Waals surface area contributed by atoms with Gasteiger partial charge >= 0.3 is 0 Å². The van der Waals surface area contributed by atoms with E-state index < -0.39 is 0 Å². The quantitative estimate of drug-likeness (QED) is 0.673. The van der Waals surface area contributed by atoms with Crippen molar-refractivity contribution < 1.29 is 9.53 Å². The van der Waals surface area contributed by atoms with Gasteiger partial charge < -0.3 is 4.74 Å². The second-order valence-electron chi connectivity index (χ2n) is 4.94. The summed E-state index contributed by atoms with van der Waals surface area (Å²) in [7, 11) is 0. The molecular formula is C11H20O2. The molecule has 0 aromatic heterocycles. The van der Waals surface area contributed by atoms with Crippen molar-refractivity contribution in [1.82, 2.24) is 0 Å². The lowest BCUT2D eigenvalue weighted by molar-refractivity contribution is -0.126. The molecule has 13 heavy (non-hydrogen) atoms. The third kappa shape index (κ3) is 3.47. The van der Waals surface area contributed by atoms with E-state index in [4.69, 9.17) is 4.74 Å². The van der Waals surface area contributed by atoms with Crippen LogP contribution in [0.3, 0.4) is 0 Å². The molecule has 76 valence electrons. The third-order valence-electron chi connectivity index (χ3n) is 2.64. The number of ether oxygens (including phenoxy) is 1. The first-order valence-corrected chi connectivity index (χ1v) is 5.11. The van der Waals surface area contributed by atoms with Crippen LogP contribution < -0.4 is 0 Å². The van der Waals surface area contributed by atoms with Gasteiger partial charge in [-0.3, -0.25) is 4.79 Å². The highest BCUT2D eigenvalue weighted by molar-refractivity contribution is 5.83. The fraction of sp³-hybridized carbons (Fsp3) is 0.909. The van der Waals surface area contributed by atoms with Gasteiger partial charge in [-0.05, 0) is 18.8 Å². The fourth-order valence-corrected chi connectivity index (χ4v) is 1.52. The average molecular weight is 184 g/mol. The van der Waals surface area contributed by atoms with Gasteiger partial charge in [0.1, 0.15) is 5.78 Å². The molecule has 0 aromatic carbocycles.